The Balaban J connectivity index is 2.09. The fraction of sp³-hybridized carbons (Fsp3) is 0.125. The molecule has 9 heteroatoms. The largest absolute Gasteiger partial charge is 0.500 e. The van der Waals surface area contributed by atoms with Crippen molar-refractivity contribution in [3.63, 3.8) is 0 Å². The normalized spacial score (nSPS) is 10.5. The van der Waals surface area contributed by atoms with Gasteiger partial charge in [-0.3, -0.25) is 15.5 Å². The molecule has 0 bridgehead atoms. The van der Waals surface area contributed by atoms with Gasteiger partial charge in [0.25, 0.3) is 0 Å². The number of aryl methyl sites for hydroxylation is 1. The number of nitrogens with one attached hydrogen (secondary N) is 2. The van der Waals surface area contributed by atoms with Crippen LogP contribution in [-0.4, -0.2) is 28.5 Å². The summed E-state index contributed by atoms with van der Waals surface area (Å²) in [7, 11) is 1.30. The van der Waals surface area contributed by atoms with Crippen LogP contribution in [0.3, 0.4) is 0 Å². The van der Waals surface area contributed by atoms with E-state index in [1.807, 2.05) is 31.2 Å². The number of aromatic hydroxyl groups is 1. The number of nitro groups is 1. The lowest BCUT2D eigenvalue weighted by Gasteiger charge is -2.09. The maximum atomic E-state index is 11.0. The number of ether oxygens (including phenoxy) is 1. The zero-order valence-electron chi connectivity index (χ0n) is 13.5. The highest BCUT2D eigenvalue weighted by atomic mass is 32.1. The average molecular weight is 360 g/mol. The van der Waals surface area contributed by atoms with Crippen LogP contribution in [0.2, 0.25) is 0 Å². The minimum absolute atomic E-state index is 0.0174. The number of benzene rings is 2. The quantitative estimate of drug-likeness (QED) is 0.325. The molecule has 2 rings (SSSR count). The summed E-state index contributed by atoms with van der Waals surface area (Å²) < 4.78 is 4.92. The second-order valence-electron chi connectivity index (χ2n) is 4.99. The molecule has 0 spiro atoms. The highest BCUT2D eigenvalue weighted by molar-refractivity contribution is 7.80. The highest BCUT2D eigenvalue weighted by Crippen LogP contribution is 2.36. The van der Waals surface area contributed by atoms with Gasteiger partial charge < -0.3 is 15.2 Å². The molecule has 0 aliphatic carbocycles. The van der Waals surface area contributed by atoms with Crippen LogP contribution in [0, 0.1) is 17.0 Å². The molecule has 130 valence electrons. The number of thiocarbonyl (C=S) groups is 1. The van der Waals surface area contributed by atoms with Gasteiger partial charge in [0.05, 0.1) is 18.2 Å². The summed E-state index contributed by atoms with van der Waals surface area (Å²) in [5.41, 5.74) is 4.39. The topological polar surface area (TPSA) is 109 Å². The van der Waals surface area contributed by atoms with E-state index >= 15 is 0 Å². The highest BCUT2D eigenvalue weighted by Gasteiger charge is 2.19. The van der Waals surface area contributed by atoms with E-state index in [1.54, 1.807) is 0 Å². The van der Waals surface area contributed by atoms with Gasteiger partial charge in [0.15, 0.2) is 10.9 Å². The molecule has 0 aliphatic rings. The SMILES string of the molecule is COc1cc(/C=N\NC(=S)Nc2ccccc2C)cc([N+](=O)[O-])c1O. The Bertz CT molecular complexity index is 839. The summed E-state index contributed by atoms with van der Waals surface area (Å²) in [4.78, 5) is 10.3. The molecule has 0 saturated carbocycles. The Morgan fingerprint density at radius 1 is 1.40 bits per heavy atom. The zero-order chi connectivity index (χ0) is 18.4. The predicted octanol–water partition coefficient (Wildman–Crippen LogP) is 2.94. The molecule has 0 aliphatic heterocycles. The summed E-state index contributed by atoms with van der Waals surface area (Å²) in [6, 6.07) is 10.2. The number of hydrogen-bond donors (Lipinski definition) is 3. The van der Waals surface area contributed by atoms with E-state index in [4.69, 9.17) is 17.0 Å². The number of hydrogen-bond acceptors (Lipinski definition) is 6. The molecule has 2 aromatic carbocycles. The van der Waals surface area contributed by atoms with Crippen molar-refractivity contribution in [2.24, 2.45) is 5.10 Å². The summed E-state index contributed by atoms with van der Waals surface area (Å²) >= 11 is 5.14. The van der Waals surface area contributed by atoms with Crippen LogP contribution in [0.4, 0.5) is 11.4 Å². The van der Waals surface area contributed by atoms with Crippen LogP contribution in [0.5, 0.6) is 11.5 Å². The smallest absolute Gasteiger partial charge is 0.315 e. The molecule has 0 radical (unpaired) electrons. The van der Waals surface area contributed by atoms with Crippen molar-refractivity contribution in [3.8, 4) is 11.5 Å². The average Bonchev–Trinajstić information content (AvgIpc) is 2.58. The minimum atomic E-state index is -0.701. The van der Waals surface area contributed by atoms with E-state index in [1.165, 1.54) is 25.5 Å². The Morgan fingerprint density at radius 3 is 2.76 bits per heavy atom. The van der Waals surface area contributed by atoms with Gasteiger partial charge in [-0.05, 0) is 36.8 Å². The number of anilines is 1. The second kappa shape index (κ2) is 8.06. The number of nitrogens with zero attached hydrogens (tertiary/aromatic N) is 2. The number of methoxy groups -OCH3 is 1. The predicted molar refractivity (Wildman–Crippen MR) is 99.4 cm³/mol. The molecule has 2 aromatic rings. The number of phenolic OH excluding ortho intramolecular Hbond substituents is 1. The van der Waals surface area contributed by atoms with Crippen LogP contribution >= 0.6 is 12.2 Å². The Hall–Kier alpha value is -3.20. The van der Waals surface area contributed by atoms with E-state index < -0.39 is 16.4 Å². The molecule has 0 amide bonds. The molecule has 0 fully saturated rings. The first-order valence-corrected chi connectivity index (χ1v) is 7.54. The molecule has 0 atom stereocenters. The molecule has 0 heterocycles. The third-order valence-corrected chi connectivity index (χ3v) is 3.46. The van der Waals surface area contributed by atoms with Gasteiger partial charge in [0.2, 0.25) is 5.75 Å². The van der Waals surface area contributed by atoms with Crippen molar-refractivity contribution in [1.82, 2.24) is 5.43 Å². The number of nitro benzene ring substituents is 1. The van der Waals surface area contributed by atoms with Crippen molar-refractivity contribution in [1.29, 1.82) is 0 Å². The van der Waals surface area contributed by atoms with Crippen LogP contribution < -0.4 is 15.5 Å². The Morgan fingerprint density at radius 2 is 2.12 bits per heavy atom. The van der Waals surface area contributed by atoms with E-state index in [9.17, 15) is 15.2 Å². The first kappa shape index (κ1) is 18.1. The van der Waals surface area contributed by atoms with Gasteiger partial charge in [-0.15, -0.1) is 0 Å². The summed E-state index contributed by atoms with van der Waals surface area (Å²) in [6.45, 7) is 1.94. The van der Waals surface area contributed by atoms with Crippen LogP contribution in [0.25, 0.3) is 0 Å². The number of para-hydroxylation sites is 1. The van der Waals surface area contributed by atoms with Crippen LogP contribution in [0.15, 0.2) is 41.5 Å². The molecule has 3 N–H and O–H groups in total. The van der Waals surface area contributed by atoms with Gasteiger partial charge >= 0.3 is 5.69 Å². The van der Waals surface area contributed by atoms with Crippen LogP contribution in [0.1, 0.15) is 11.1 Å². The Labute approximate surface area is 149 Å². The zero-order valence-corrected chi connectivity index (χ0v) is 14.3. The second-order valence-corrected chi connectivity index (χ2v) is 5.40. The first-order chi connectivity index (χ1) is 11.9. The van der Waals surface area contributed by atoms with Gasteiger partial charge in [-0.1, -0.05) is 18.2 Å². The molecular formula is C16H16N4O4S. The van der Waals surface area contributed by atoms with Crippen molar-refractivity contribution < 1.29 is 14.8 Å². The lowest BCUT2D eigenvalue weighted by Crippen LogP contribution is -2.24. The first-order valence-electron chi connectivity index (χ1n) is 7.13. The molecule has 0 saturated heterocycles. The van der Waals surface area contributed by atoms with Crippen LogP contribution in [-0.2, 0) is 0 Å². The molecule has 0 unspecified atom stereocenters. The number of phenols is 1. The van der Waals surface area contributed by atoms with Crippen molar-refractivity contribution >= 4 is 34.9 Å². The minimum Gasteiger partial charge on any atom is -0.500 e. The van der Waals surface area contributed by atoms with Crippen molar-refractivity contribution in [2.75, 3.05) is 12.4 Å². The van der Waals surface area contributed by atoms with Gasteiger partial charge in [0.1, 0.15) is 0 Å². The molecule has 0 aromatic heterocycles. The number of rotatable bonds is 5. The summed E-state index contributed by atoms with van der Waals surface area (Å²) in [5, 5.41) is 27.9. The van der Waals surface area contributed by atoms with Gasteiger partial charge in [-0.25, -0.2) is 0 Å². The summed E-state index contributed by atoms with van der Waals surface area (Å²) in [5.74, 6) is -0.550. The van der Waals surface area contributed by atoms with E-state index in [2.05, 4.69) is 15.8 Å². The maximum absolute atomic E-state index is 11.0. The Kier molecular flexibility index (Phi) is 5.85. The van der Waals surface area contributed by atoms with E-state index in [0.29, 0.717) is 5.56 Å². The van der Waals surface area contributed by atoms with E-state index in [0.717, 1.165) is 11.3 Å². The third-order valence-electron chi connectivity index (χ3n) is 3.27. The lowest BCUT2D eigenvalue weighted by molar-refractivity contribution is -0.386. The fourth-order valence-electron chi connectivity index (χ4n) is 2.01. The third kappa shape index (κ3) is 4.64. The van der Waals surface area contributed by atoms with E-state index in [-0.39, 0.29) is 10.9 Å². The monoisotopic (exact) mass is 360 g/mol. The van der Waals surface area contributed by atoms with Crippen molar-refractivity contribution in [3.05, 3.63) is 57.6 Å². The van der Waals surface area contributed by atoms with Gasteiger partial charge in [-0.2, -0.15) is 5.10 Å². The fourth-order valence-corrected chi connectivity index (χ4v) is 2.17. The molecule has 8 nitrogen and oxygen atoms in total. The number of hydrazone groups is 1. The maximum Gasteiger partial charge on any atom is 0.315 e. The standard InChI is InChI=1S/C16H16N4O4S/c1-10-5-3-4-6-12(10)18-16(25)19-17-9-11-7-13(20(22)23)15(21)14(8-11)24-2/h3-9,21H,1-2H3,(H2,18,19,25)/b17-9-. The molecular weight excluding hydrogens is 344 g/mol. The van der Waals surface area contributed by atoms with Gasteiger partial charge in [0, 0.05) is 17.3 Å². The molecule has 25 heavy (non-hydrogen) atoms. The lowest BCUT2D eigenvalue weighted by atomic mass is 10.2. The van der Waals surface area contributed by atoms with Crippen molar-refractivity contribution in [2.45, 2.75) is 6.92 Å². The summed E-state index contributed by atoms with van der Waals surface area (Å²) in [6.07, 6.45) is 1.33.